The van der Waals surface area contributed by atoms with E-state index in [1.54, 1.807) is 24.3 Å². The lowest BCUT2D eigenvalue weighted by Gasteiger charge is -2.11. The molecule has 0 unspecified atom stereocenters. The molecule has 118 valence electrons. The molecule has 0 fully saturated rings. The Balaban J connectivity index is 0.00000400. The van der Waals surface area contributed by atoms with E-state index in [-0.39, 0.29) is 30.8 Å². The summed E-state index contributed by atoms with van der Waals surface area (Å²) in [5.41, 5.74) is 6.21. The number of halogens is 1. The van der Waals surface area contributed by atoms with Gasteiger partial charge < -0.3 is 21.1 Å². The average molecular weight is 316 g/mol. The fourth-order valence-corrected chi connectivity index (χ4v) is 1.57. The molecule has 0 aliphatic rings. The Morgan fingerprint density at radius 1 is 1.29 bits per heavy atom. The van der Waals surface area contributed by atoms with Crippen molar-refractivity contribution in [2.45, 2.75) is 13.3 Å². The first-order chi connectivity index (χ1) is 9.69. The van der Waals surface area contributed by atoms with Crippen molar-refractivity contribution in [1.82, 2.24) is 5.32 Å². The van der Waals surface area contributed by atoms with E-state index in [0.29, 0.717) is 30.9 Å². The molecule has 0 bridgehead atoms. The van der Waals surface area contributed by atoms with Crippen LogP contribution in [0.1, 0.15) is 23.7 Å². The zero-order valence-corrected chi connectivity index (χ0v) is 12.9. The highest BCUT2D eigenvalue weighted by Gasteiger charge is 2.12. The van der Waals surface area contributed by atoms with E-state index in [2.05, 4.69) is 10.6 Å². The Morgan fingerprint density at radius 3 is 2.67 bits per heavy atom. The van der Waals surface area contributed by atoms with E-state index in [0.717, 1.165) is 6.42 Å². The van der Waals surface area contributed by atoms with Crippen LogP contribution in [0.3, 0.4) is 0 Å². The number of nitrogens with two attached hydrogens (primary N) is 1. The number of ether oxygens (including phenoxy) is 1. The molecule has 1 rings (SSSR count). The van der Waals surface area contributed by atoms with Gasteiger partial charge in [-0.25, -0.2) is 0 Å². The fourth-order valence-electron chi connectivity index (χ4n) is 1.57. The molecule has 1 aromatic carbocycles. The smallest absolute Gasteiger partial charge is 0.253 e. The molecule has 0 saturated heterocycles. The second-order valence-electron chi connectivity index (χ2n) is 4.19. The number of para-hydroxylation sites is 1. The number of anilines is 1. The summed E-state index contributed by atoms with van der Waals surface area (Å²) in [6, 6.07) is 6.81. The second kappa shape index (κ2) is 11.1. The van der Waals surface area contributed by atoms with Gasteiger partial charge in [0.15, 0.2) is 0 Å². The lowest BCUT2D eigenvalue weighted by molar-refractivity contribution is -0.120. The Labute approximate surface area is 130 Å². The molecule has 0 aliphatic carbocycles. The monoisotopic (exact) mass is 315 g/mol. The average Bonchev–Trinajstić information content (AvgIpc) is 2.45. The number of nitrogens with one attached hydrogen (secondary N) is 2. The number of carbonyl (C=O) groups is 2. The number of amides is 2. The van der Waals surface area contributed by atoms with Crippen LogP contribution >= 0.6 is 12.4 Å². The third-order valence-electron chi connectivity index (χ3n) is 2.46. The molecule has 0 saturated carbocycles. The highest BCUT2D eigenvalue weighted by atomic mass is 35.5. The van der Waals surface area contributed by atoms with Gasteiger partial charge in [0.1, 0.15) is 6.61 Å². The third kappa shape index (κ3) is 7.08. The standard InChI is InChI=1S/C14H21N3O3.ClH/c1-2-9-20-10-13(18)17-12-6-4-3-5-11(12)14(19)16-8-7-15;/h3-6H,2,7-10,15H2,1H3,(H,16,19)(H,17,18);1H. The predicted molar refractivity (Wildman–Crippen MR) is 84.8 cm³/mol. The van der Waals surface area contributed by atoms with E-state index in [9.17, 15) is 9.59 Å². The van der Waals surface area contributed by atoms with E-state index >= 15 is 0 Å². The molecule has 0 aromatic heterocycles. The minimum absolute atomic E-state index is 0. The summed E-state index contributed by atoms with van der Waals surface area (Å²) < 4.78 is 5.15. The van der Waals surface area contributed by atoms with Crippen LogP contribution in [0.5, 0.6) is 0 Å². The van der Waals surface area contributed by atoms with Crippen molar-refractivity contribution in [1.29, 1.82) is 0 Å². The van der Waals surface area contributed by atoms with Gasteiger partial charge >= 0.3 is 0 Å². The second-order valence-corrected chi connectivity index (χ2v) is 4.19. The normalized spacial score (nSPS) is 9.62. The molecule has 0 atom stereocenters. The molecule has 0 aliphatic heterocycles. The number of hydrogen-bond donors (Lipinski definition) is 3. The number of rotatable bonds is 8. The maximum Gasteiger partial charge on any atom is 0.253 e. The summed E-state index contributed by atoms with van der Waals surface area (Å²) in [6.45, 7) is 3.24. The molecular weight excluding hydrogens is 294 g/mol. The van der Waals surface area contributed by atoms with Gasteiger partial charge in [-0.2, -0.15) is 0 Å². The zero-order valence-electron chi connectivity index (χ0n) is 12.1. The zero-order chi connectivity index (χ0) is 14.8. The molecule has 1 aromatic rings. The van der Waals surface area contributed by atoms with Gasteiger partial charge in [0.25, 0.3) is 5.91 Å². The summed E-state index contributed by atoms with van der Waals surface area (Å²) in [7, 11) is 0. The van der Waals surface area contributed by atoms with Crippen molar-refractivity contribution in [2.75, 3.05) is 31.6 Å². The minimum Gasteiger partial charge on any atom is -0.372 e. The third-order valence-corrected chi connectivity index (χ3v) is 2.46. The van der Waals surface area contributed by atoms with Crippen molar-refractivity contribution in [3.05, 3.63) is 29.8 Å². The lowest BCUT2D eigenvalue weighted by Crippen LogP contribution is -2.30. The summed E-state index contributed by atoms with van der Waals surface area (Å²) >= 11 is 0. The predicted octanol–water partition coefficient (Wildman–Crippen LogP) is 1.16. The molecule has 7 heteroatoms. The summed E-state index contributed by atoms with van der Waals surface area (Å²) in [5, 5.41) is 5.34. The van der Waals surface area contributed by atoms with Gasteiger partial charge in [-0.3, -0.25) is 9.59 Å². The summed E-state index contributed by atoms with van der Waals surface area (Å²) in [4.78, 5) is 23.6. The summed E-state index contributed by atoms with van der Waals surface area (Å²) in [6.07, 6.45) is 0.853. The summed E-state index contributed by atoms with van der Waals surface area (Å²) in [5.74, 6) is -0.543. The number of carbonyl (C=O) groups excluding carboxylic acids is 2. The van der Waals surface area contributed by atoms with Crippen LogP contribution in [-0.2, 0) is 9.53 Å². The highest BCUT2D eigenvalue weighted by molar-refractivity contribution is 6.03. The quantitative estimate of drug-likeness (QED) is 0.628. The largest absolute Gasteiger partial charge is 0.372 e. The molecule has 21 heavy (non-hydrogen) atoms. The van der Waals surface area contributed by atoms with Crippen molar-refractivity contribution >= 4 is 29.9 Å². The molecule has 4 N–H and O–H groups in total. The van der Waals surface area contributed by atoms with Crippen molar-refractivity contribution < 1.29 is 14.3 Å². The van der Waals surface area contributed by atoms with Gasteiger partial charge in [0.2, 0.25) is 5.91 Å². The fraction of sp³-hybridized carbons (Fsp3) is 0.429. The van der Waals surface area contributed by atoms with Gasteiger partial charge in [0, 0.05) is 19.7 Å². The number of hydrogen-bond acceptors (Lipinski definition) is 4. The molecule has 6 nitrogen and oxygen atoms in total. The molecular formula is C14H22ClN3O3. The van der Waals surface area contributed by atoms with Gasteiger partial charge in [0.05, 0.1) is 11.3 Å². The van der Waals surface area contributed by atoms with Gasteiger partial charge in [-0.05, 0) is 18.6 Å². The SMILES string of the molecule is CCCOCC(=O)Nc1ccccc1C(=O)NCCN.Cl. The van der Waals surface area contributed by atoms with Crippen LogP contribution in [0, 0.1) is 0 Å². The highest BCUT2D eigenvalue weighted by Crippen LogP contribution is 2.14. The Kier molecular flexibility index (Phi) is 10.2. The van der Waals surface area contributed by atoms with Crippen LogP contribution < -0.4 is 16.4 Å². The molecule has 0 spiro atoms. The van der Waals surface area contributed by atoms with Crippen LogP contribution in [-0.4, -0.2) is 38.1 Å². The minimum atomic E-state index is -0.280. The van der Waals surface area contributed by atoms with E-state index < -0.39 is 0 Å². The Morgan fingerprint density at radius 2 is 2.00 bits per heavy atom. The maximum atomic E-state index is 11.9. The van der Waals surface area contributed by atoms with Crippen LogP contribution in [0.2, 0.25) is 0 Å². The Bertz CT molecular complexity index is 455. The first-order valence-corrected chi connectivity index (χ1v) is 6.64. The van der Waals surface area contributed by atoms with Crippen molar-refractivity contribution in [2.24, 2.45) is 5.73 Å². The van der Waals surface area contributed by atoms with Crippen LogP contribution in [0.15, 0.2) is 24.3 Å². The first-order valence-electron chi connectivity index (χ1n) is 6.64. The molecule has 0 radical (unpaired) electrons. The van der Waals surface area contributed by atoms with Crippen LogP contribution in [0.25, 0.3) is 0 Å². The van der Waals surface area contributed by atoms with Crippen molar-refractivity contribution in [3.8, 4) is 0 Å². The lowest BCUT2D eigenvalue weighted by atomic mass is 10.1. The maximum absolute atomic E-state index is 11.9. The van der Waals surface area contributed by atoms with Crippen molar-refractivity contribution in [3.63, 3.8) is 0 Å². The van der Waals surface area contributed by atoms with Gasteiger partial charge in [-0.15, -0.1) is 12.4 Å². The first kappa shape index (κ1) is 19.4. The molecule has 0 heterocycles. The van der Waals surface area contributed by atoms with E-state index in [4.69, 9.17) is 10.5 Å². The van der Waals surface area contributed by atoms with E-state index in [1.165, 1.54) is 0 Å². The van der Waals surface area contributed by atoms with E-state index in [1.807, 2.05) is 6.92 Å². The number of benzene rings is 1. The van der Waals surface area contributed by atoms with Crippen LogP contribution in [0.4, 0.5) is 5.69 Å². The molecule has 2 amide bonds. The topological polar surface area (TPSA) is 93.4 Å². The Hall–Kier alpha value is -1.63. The van der Waals surface area contributed by atoms with Gasteiger partial charge in [-0.1, -0.05) is 19.1 Å².